The van der Waals surface area contributed by atoms with Crippen LogP contribution in [0.1, 0.15) is 168 Å². The summed E-state index contributed by atoms with van der Waals surface area (Å²) in [5, 5.41) is 13.7. The number of nitrogens with zero attached hydrogens (tertiary/aromatic N) is 1. The topological polar surface area (TPSA) is 108 Å². The lowest BCUT2D eigenvalue weighted by molar-refractivity contribution is -0.870. The Labute approximate surface area is 344 Å². The molecule has 0 aromatic carbocycles. The number of unbranched alkanes of at least 4 members (excludes halogenated alkanes) is 16. The predicted molar refractivity (Wildman–Crippen MR) is 237 cm³/mol. The number of rotatable bonds is 39. The van der Waals surface area contributed by atoms with E-state index < -0.39 is 26.6 Å². The summed E-state index contributed by atoms with van der Waals surface area (Å²) in [7, 11) is 1.21. The zero-order chi connectivity index (χ0) is 41.4. The van der Waals surface area contributed by atoms with E-state index >= 15 is 0 Å². The number of quaternary nitrogens is 1. The van der Waals surface area contributed by atoms with E-state index in [1.54, 1.807) is 6.08 Å². The molecule has 1 amide bonds. The van der Waals surface area contributed by atoms with Gasteiger partial charge in [-0.05, 0) is 83.5 Å². The van der Waals surface area contributed by atoms with Gasteiger partial charge in [0.2, 0.25) is 5.91 Å². The van der Waals surface area contributed by atoms with Crippen LogP contribution in [0.5, 0.6) is 0 Å². The SMILES string of the molecule is CCCCC/C=C\C/C=C\C/C=C\CCCCCCCCC(=O)NC(COP(=O)([O-])OCC[N+](C)(C)C)C(O)/C=C/CC/C=C/CC/C=C/CCCCCCC. The molecule has 0 spiro atoms. The number of nitrogens with one attached hydrogen (secondary N) is 1. The summed E-state index contributed by atoms with van der Waals surface area (Å²) < 4.78 is 23.2. The average Bonchev–Trinajstić information content (AvgIpc) is 3.15. The Hall–Kier alpha value is -2.06. The van der Waals surface area contributed by atoms with E-state index in [0.717, 1.165) is 70.6 Å². The maximum Gasteiger partial charge on any atom is 0.268 e. The van der Waals surface area contributed by atoms with Crippen molar-refractivity contribution in [2.24, 2.45) is 0 Å². The second kappa shape index (κ2) is 38.5. The summed E-state index contributed by atoms with van der Waals surface area (Å²) in [6, 6.07) is -0.919. The van der Waals surface area contributed by atoms with Gasteiger partial charge in [0.25, 0.3) is 7.82 Å². The molecule has 56 heavy (non-hydrogen) atoms. The number of hydrogen-bond acceptors (Lipinski definition) is 6. The number of carbonyl (C=O) groups is 1. The molecule has 0 fully saturated rings. The molecule has 3 unspecified atom stereocenters. The first-order chi connectivity index (χ1) is 27.0. The fourth-order valence-electron chi connectivity index (χ4n) is 5.78. The summed E-state index contributed by atoms with van der Waals surface area (Å²) in [5.41, 5.74) is 0. The molecule has 0 aromatic rings. The van der Waals surface area contributed by atoms with Crippen molar-refractivity contribution in [1.29, 1.82) is 0 Å². The van der Waals surface area contributed by atoms with E-state index in [9.17, 15) is 19.4 Å². The summed E-state index contributed by atoms with van der Waals surface area (Å²) in [4.78, 5) is 25.3. The van der Waals surface area contributed by atoms with Crippen molar-refractivity contribution in [2.75, 3.05) is 40.9 Å². The van der Waals surface area contributed by atoms with Gasteiger partial charge in [-0.15, -0.1) is 0 Å². The number of aliphatic hydroxyl groups excluding tert-OH is 1. The molecule has 0 aliphatic heterocycles. The molecule has 8 nitrogen and oxygen atoms in total. The number of likely N-dealkylation sites (N-methyl/N-ethyl adjacent to an activating group) is 1. The first-order valence-electron chi connectivity index (χ1n) is 22.3. The van der Waals surface area contributed by atoms with Gasteiger partial charge in [0.1, 0.15) is 13.2 Å². The van der Waals surface area contributed by atoms with Crippen LogP contribution in [0.25, 0.3) is 0 Å². The standard InChI is InChI=1S/C47H85N2O6P/c1-6-8-10-12-14-16-18-20-22-23-24-25-27-29-31-33-35-37-39-41-47(51)48-45(44-55-56(52,53)54-43-42-49(3,4)5)46(50)40-38-36-34-32-30-28-26-21-19-17-15-13-11-9-7-2/h14,16,19-22,24-25,30,32,38,40,45-46,50H,6-13,15,17-18,23,26-29,31,33-37,39,41-44H2,1-5H3,(H-,48,51,52,53)/b16-14-,21-19+,22-20-,25-24-,32-30+,40-38+. The zero-order valence-electron chi connectivity index (χ0n) is 36.6. The lowest BCUT2D eigenvalue weighted by atomic mass is 10.1. The molecule has 324 valence electrons. The van der Waals surface area contributed by atoms with Crippen LogP contribution in [0.3, 0.4) is 0 Å². The van der Waals surface area contributed by atoms with E-state index in [1.807, 2.05) is 27.2 Å². The molecule has 0 aliphatic carbocycles. The van der Waals surface area contributed by atoms with E-state index in [0.29, 0.717) is 17.4 Å². The van der Waals surface area contributed by atoms with Crippen LogP contribution >= 0.6 is 7.82 Å². The zero-order valence-corrected chi connectivity index (χ0v) is 37.5. The highest BCUT2D eigenvalue weighted by molar-refractivity contribution is 7.45. The first kappa shape index (κ1) is 53.9. The van der Waals surface area contributed by atoms with Gasteiger partial charge in [-0.2, -0.15) is 0 Å². The van der Waals surface area contributed by atoms with E-state index in [1.165, 1.54) is 77.0 Å². The van der Waals surface area contributed by atoms with Gasteiger partial charge in [0.15, 0.2) is 0 Å². The van der Waals surface area contributed by atoms with Crippen LogP contribution in [-0.2, 0) is 18.4 Å². The molecule has 0 saturated carbocycles. The third kappa shape index (κ3) is 40.1. The molecule has 0 aromatic heterocycles. The Morgan fingerprint density at radius 1 is 0.625 bits per heavy atom. The fraction of sp³-hybridized carbons (Fsp3) is 0.723. The van der Waals surface area contributed by atoms with Crippen LogP contribution < -0.4 is 10.2 Å². The minimum absolute atomic E-state index is 0.0153. The van der Waals surface area contributed by atoms with Gasteiger partial charge in [-0.1, -0.05) is 151 Å². The Kier molecular flexibility index (Phi) is 37.0. The molecule has 3 atom stereocenters. The van der Waals surface area contributed by atoms with Crippen molar-refractivity contribution >= 4 is 13.7 Å². The number of hydrogen-bond donors (Lipinski definition) is 2. The molecule has 0 aliphatic rings. The molecule has 0 radical (unpaired) electrons. The van der Waals surface area contributed by atoms with Crippen molar-refractivity contribution in [2.45, 2.75) is 180 Å². The van der Waals surface area contributed by atoms with Gasteiger partial charge in [0.05, 0.1) is 39.9 Å². The number of phosphoric acid groups is 1. The number of allylic oxidation sites excluding steroid dienone is 11. The predicted octanol–water partition coefficient (Wildman–Crippen LogP) is 11.8. The molecule has 9 heteroatoms. The summed E-state index contributed by atoms with van der Waals surface area (Å²) in [6.45, 7) is 4.54. The molecular formula is C47H85N2O6P. The second-order valence-corrected chi connectivity index (χ2v) is 17.4. The van der Waals surface area contributed by atoms with Gasteiger partial charge < -0.3 is 28.8 Å². The Balaban J connectivity index is 4.53. The Bertz CT molecular complexity index is 1140. The summed E-state index contributed by atoms with van der Waals surface area (Å²) >= 11 is 0. The van der Waals surface area contributed by atoms with Crippen molar-refractivity contribution in [3.05, 3.63) is 72.9 Å². The fourth-order valence-corrected chi connectivity index (χ4v) is 6.50. The smallest absolute Gasteiger partial charge is 0.268 e. The maximum atomic E-state index is 12.8. The lowest BCUT2D eigenvalue weighted by Crippen LogP contribution is -2.45. The monoisotopic (exact) mass is 805 g/mol. The van der Waals surface area contributed by atoms with Gasteiger partial charge in [0, 0.05) is 6.42 Å². The Morgan fingerprint density at radius 3 is 1.61 bits per heavy atom. The average molecular weight is 805 g/mol. The van der Waals surface area contributed by atoms with Crippen molar-refractivity contribution in [3.8, 4) is 0 Å². The van der Waals surface area contributed by atoms with Crippen molar-refractivity contribution in [1.82, 2.24) is 5.32 Å². The van der Waals surface area contributed by atoms with Crippen LogP contribution in [-0.4, -0.2) is 68.5 Å². The van der Waals surface area contributed by atoms with E-state index in [4.69, 9.17) is 9.05 Å². The quantitative estimate of drug-likeness (QED) is 0.0277. The first-order valence-corrected chi connectivity index (χ1v) is 23.8. The molecule has 2 N–H and O–H groups in total. The number of phosphoric ester groups is 1. The van der Waals surface area contributed by atoms with E-state index in [2.05, 4.69) is 79.9 Å². The summed E-state index contributed by atoms with van der Waals surface area (Å²) in [6.07, 6.45) is 50.9. The molecular weight excluding hydrogens is 719 g/mol. The maximum absolute atomic E-state index is 12.8. The summed E-state index contributed by atoms with van der Waals surface area (Å²) in [5.74, 6) is -0.228. The van der Waals surface area contributed by atoms with Crippen LogP contribution in [0.15, 0.2) is 72.9 Å². The molecule has 0 bridgehead atoms. The van der Waals surface area contributed by atoms with Crippen LogP contribution in [0.2, 0.25) is 0 Å². The van der Waals surface area contributed by atoms with E-state index in [-0.39, 0.29) is 12.5 Å². The normalized spacial score (nSPS) is 15.1. The Morgan fingerprint density at radius 2 is 1.05 bits per heavy atom. The van der Waals surface area contributed by atoms with Crippen molar-refractivity contribution < 1.29 is 32.9 Å². The van der Waals surface area contributed by atoms with Gasteiger partial charge >= 0.3 is 0 Å². The van der Waals surface area contributed by atoms with Gasteiger partial charge in [-0.25, -0.2) is 0 Å². The highest BCUT2D eigenvalue weighted by atomic mass is 31.2. The largest absolute Gasteiger partial charge is 0.756 e. The third-order valence-corrected chi connectivity index (χ3v) is 10.3. The molecule has 0 rings (SSSR count). The number of amides is 1. The molecule has 0 saturated heterocycles. The minimum Gasteiger partial charge on any atom is -0.756 e. The minimum atomic E-state index is -4.61. The van der Waals surface area contributed by atoms with Crippen LogP contribution in [0.4, 0.5) is 0 Å². The highest BCUT2D eigenvalue weighted by Gasteiger charge is 2.23. The van der Waals surface area contributed by atoms with Gasteiger partial charge in [-0.3, -0.25) is 9.36 Å². The number of aliphatic hydroxyl groups is 1. The second-order valence-electron chi connectivity index (χ2n) is 16.0. The lowest BCUT2D eigenvalue weighted by Gasteiger charge is -2.29. The third-order valence-electron chi connectivity index (χ3n) is 9.37. The van der Waals surface area contributed by atoms with Crippen molar-refractivity contribution in [3.63, 3.8) is 0 Å². The highest BCUT2D eigenvalue weighted by Crippen LogP contribution is 2.38. The molecule has 0 heterocycles. The number of carbonyl (C=O) groups excluding carboxylic acids is 1. The van der Waals surface area contributed by atoms with Crippen LogP contribution in [0, 0.1) is 0 Å².